The molecule has 160 valence electrons. The van der Waals surface area contributed by atoms with Crippen LogP contribution >= 0.6 is 11.6 Å². The highest BCUT2D eigenvalue weighted by Crippen LogP contribution is 2.23. The van der Waals surface area contributed by atoms with Crippen LogP contribution in [0.5, 0.6) is 0 Å². The zero-order chi connectivity index (χ0) is 20.8. The second-order valence-corrected chi connectivity index (χ2v) is 8.80. The highest BCUT2D eigenvalue weighted by molar-refractivity contribution is 6.30. The van der Waals surface area contributed by atoms with E-state index in [1.54, 1.807) is 0 Å². The van der Waals surface area contributed by atoms with Gasteiger partial charge in [-0.1, -0.05) is 41.9 Å². The lowest BCUT2D eigenvalue weighted by atomic mass is 10.1. The Morgan fingerprint density at radius 2 is 1.77 bits per heavy atom. The summed E-state index contributed by atoms with van der Waals surface area (Å²) in [5, 5.41) is 3.96. The fourth-order valence-corrected chi connectivity index (χ4v) is 4.52. The van der Waals surface area contributed by atoms with E-state index < -0.39 is 0 Å². The van der Waals surface area contributed by atoms with E-state index in [9.17, 15) is 4.79 Å². The molecule has 0 aliphatic carbocycles. The third-order valence-electron chi connectivity index (χ3n) is 6.14. The van der Waals surface area contributed by atoms with Crippen LogP contribution in [0.2, 0.25) is 5.02 Å². The van der Waals surface area contributed by atoms with Crippen molar-refractivity contribution in [3.8, 4) is 0 Å². The molecule has 2 aromatic rings. The van der Waals surface area contributed by atoms with Gasteiger partial charge in [-0.05, 0) is 48.6 Å². The van der Waals surface area contributed by atoms with Crippen molar-refractivity contribution in [2.75, 3.05) is 50.7 Å². The predicted molar refractivity (Wildman–Crippen MR) is 123 cm³/mol. The predicted octanol–water partition coefficient (Wildman–Crippen LogP) is 4.08. The molecule has 1 unspecified atom stereocenters. The van der Waals surface area contributed by atoms with Crippen molar-refractivity contribution in [1.29, 1.82) is 0 Å². The molecular weight excluding hydrogens is 396 g/mol. The maximum absolute atomic E-state index is 12.7. The molecular formula is C24H31ClN4O. The minimum Gasteiger partial charge on any atom is -0.371 e. The summed E-state index contributed by atoms with van der Waals surface area (Å²) < 4.78 is 0. The minimum atomic E-state index is 0.0847. The first-order valence-electron chi connectivity index (χ1n) is 11.0. The third kappa shape index (κ3) is 5.67. The van der Waals surface area contributed by atoms with Gasteiger partial charge in [-0.25, -0.2) is 4.79 Å². The van der Waals surface area contributed by atoms with Crippen LogP contribution in [0.1, 0.15) is 18.4 Å². The Morgan fingerprint density at radius 1 is 0.967 bits per heavy atom. The standard InChI is InChI=1S/C24H31ClN4O/c25-22-9-7-20(8-10-22)18-27-12-4-13-28(16-15-27)24(30)26-17-21-11-14-29(19-21)23-5-2-1-3-6-23/h1-3,5-10,21H,4,11-19H2,(H,26,30). The molecule has 1 atom stereocenters. The van der Waals surface area contributed by atoms with Crippen molar-refractivity contribution < 1.29 is 4.79 Å². The Hall–Kier alpha value is -2.24. The minimum absolute atomic E-state index is 0.0847. The molecule has 2 saturated heterocycles. The van der Waals surface area contributed by atoms with E-state index in [4.69, 9.17) is 11.6 Å². The number of amides is 2. The second-order valence-electron chi connectivity index (χ2n) is 8.37. The van der Waals surface area contributed by atoms with Crippen LogP contribution in [0.25, 0.3) is 0 Å². The Labute approximate surface area is 184 Å². The number of hydrogen-bond donors (Lipinski definition) is 1. The molecule has 2 heterocycles. The Kier molecular flexibility index (Phi) is 7.13. The maximum atomic E-state index is 12.7. The average molecular weight is 427 g/mol. The summed E-state index contributed by atoms with van der Waals surface area (Å²) in [6.45, 7) is 7.26. The summed E-state index contributed by atoms with van der Waals surface area (Å²) in [4.78, 5) is 19.5. The van der Waals surface area contributed by atoms with Crippen LogP contribution < -0.4 is 10.2 Å². The molecule has 30 heavy (non-hydrogen) atoms. The molecule has 4 rings (SSSR count). The highest BCUT2D eigenvalue weighted by atomic mass is 35.5. The summed E-state index contributed by atoms with van der Waals surface area (Å²) in [6.07, 6.45) is 2.14. The third-order valence-corrected chi connectivity index (χ3v) is 6.40. The van der Waals surface area contributed by atoms with Crippen molar-refractivity contribution >= 4 is 23.3 Å². The largest absolute Gasteiger partial charge is 0.371 e. The normalized spacial score (nSPS) is 20.2. The van der Waals surface area contributed by atoms with E-state index in [0.717, 1.165) is 70.2 Å². The zero-order valence-corrected chi connectivity index (χ0v) is 18.2. The summed E-state index contributed by atoms with van der Waals surface area (Å²) in [5.74, 6) is 0.516. The van der Waals surface area contributed by atoms with Gasteiger partial charge in [0, 0.05) is 63.1 Å². The molecule has 0 saturated carbocycles. The molecule has 0 bridgehead atoms. The number of anilines is 1. The molecule has 0 aromatic heterocycles. The summed E-state index contributed by atoms with van der Waals surface area (Å²) >= 11 is 5.98. The highest BCUT2D eigenvalue weighted by Gasteiger charge is 2.24. The van der Waals surface area contributed by atoms with E-state index in [0.29, 0.717) is 5.92 Å². The van der Waals surface area contributed by atoms with Gasteiger partial charge in [0.1, 0.15) is 0 Å². The number of carbonyl (C=O) groups is 1. The Balaban J connectivity index is 1.20. The lowest BCUT2D eigenvalue weighted by Crippen LogP contribution is -2.43. The lowest BCUT2D eigenvalue weighted by Gasteiger charge is -2.23. The first kappa shape index (κ1) is 21.0. The van der Waals surface area contributed by atoms with Crippen molar-refractivity contribution in [2.45, 2.75) is 19.4 Å². The van der Waals surface area contributed by atoms with Gasteiger partial charge in [-0.3, -0.25) is 4.90 Å². The van der Waals surface area contributed by atoms with Crippen LogP contribution in [0.3, 0.4) is 0 Å². The topological polar surface area (TPSA) is 38.8 Å². The van der Waals surface area contributed by atoms with E-state index in [-0.39, 0.29) is 6.03 Å². The monoisotopic (exact) mass is 426 g/mol. The van der Waals surface area contributed by atoms with E-state index in [1.165, 1.54) is 11.3 Å². The smallest absolute Gasteiger partial charge is 0.317 e. The van der Waals surface area contributed by atoms with E-state index in [2.05, 4.69) is 57.6 Å². The molecule has 2 aliphatic heterocycles. The molecule has 2 fully saturated rings. The fourth-order valence-electron chi connectivity index (χ4n) is 4.40. The van der Waals surface area contributed by atoms with E-state index >= 15 is 0 Å². The first-order chi connectivity index (χ1) is 14.7. The molecule has 5 nitrogen and oxygen atoms in total. The van der Waals surface area contributed by atoms with Gasteiger partial charge in [0.2, 0.25) is 0 Å². The van der Waals surface area contributed by atoms with Crippen LogP contribution in [0.4, 0.5) is 10.5 Å². The van der Waals surface area contributed by atoms with Gasteiger partial charge in [-0.15, -0.1) is 0 Å². The molecule has 0 spiro atoms. The van der Waals surface area contributed by atoms with Gasteiger partial charge >= 0.3 is 6.03 Å². The van der Waals surface area contributed by atoms with Crippen LogP contribution in [0.15, 0.2) is 54.6 Å². The summed E-state index contributed by atoms with van der Waals surface area (Å²) in [5.41, 5.74) is 2.54. The molecule has 0 radical (unpaired) electrons. The zero-order valence-electron chi connectivity index (χ0n) is 17.5. The van der Waals surface area contributed by atoms with Gasteiger partial charge in [0.05, 0.1) is 0 Å². The first-order valence-corrected chi connectivity index (χ1v) is 11.3. The molecule has 2 aliphatic rings. The SMILES string of the molecule is O=C(NCC1CCN(c2ccccc2)C1)N1CCCN(Cc2ccc(Cl)cc2)CC1. The average Bonchev–Trinajstić information content (AvgIpc) is 3.13. The van der Waals surface area contributed by atoms with Crippen molar-refractivity contribution in [3.63, 3.8) is 0 Å². The van der Waals surface area contributed by atoms with Crippen LogP contribution in [-0.4, -0.2) is 61.6 Å². The number of hydrogen-bond acceptors (Lipinski definition) is 3. The Bertz CT molecular complexity index is 814. The number of para-hydroxylation sites is 1. The lowest BCUT2D eigenvalue weighted by molar-refractivity contribution is 0.196. The van der Waals surface area contributed by atoms with Crippen LogP contribution in [0, 0.1) is 5.92 Å². The number of urea groups is 1. The summed E-state index contributed by atoms with van der Waals surface area (Å²) in [7, 11) is 0. The van der Waals surface area contributed by atoms with Gasteiger partial charge in [0.15, 0.2) is 0 Å². The molecule has 1 N–H and O–H groups in total. The number of nitrogens with one attached hydrogen (secondary N) is 1. The van der Waals surface area contributed by atoms with E-state index in [1.807, 2.05) is 17.0 Å². The number of halogens is 1. The second kappa shape index (κ2) is 10.2. The van der Waals surface area contributed by atoms with Crippen molar-refractivity contribution in [3.05, 3.63) is 65.2 Å². The number of nitrogens with zero attached hydrogens (tertiary/aromatic N) is 3. The van der Waals surface area contributed by atoms with Gasteiger partial charge in [-0.2, -0.15) is 0 Å². The van der Waals surface area contributed by atoms with Crippen LogP contribution in [-0.2, 0) is 6.54 Å². The quantitative estimate of drug-likeness (QED) is 0.782. The number of carbonyl (C=O) groups excluding carboxylic acids is 1. The number of rotatable bonds is 5. The number of benzene rings is 2. The maximum Gasteiger partial charge on any atom is 0.317 e. The summed E-state index contributed by atoms with van der Waals surface area (Å²) in [6, 6.07) is 18.7. The molecule has 6 heteroatoms. The van der Waals surface area contributed by atoms with Crippen molar-refractivity contribution in [2.24, 2.45) is 5.92 Å². The molecule has 2 amide bonds. The molecule has 2 aromatic carbocycles. The fraction of sp³-hybridized carbons (Fsp3) is 0.458. The van der Waals surface area contributed by atoms with Crippen molar-refractivity contribution in [1.82, 2.24) is 15.1 Å². The Morgan fingerprint density at radius 3 is 2.57 bits per heavy atom. The van der Waals surface area contributed by atoms with Gasteiger partial charge in [0.25, 0.3) is 0 Å². The van der Waals surface area contributed by atoms with Gasteiger partial charge < -0.3 is 15.1 Å².